The third kappa shape index (κ3) is 9.99. The van der Waals surface area contributed by atoms with E-state index in [2.05, 4.69) is 16.0 Å². The molecule has 0 aliphatic carbocycles. The maximum absolute atomic E-state index is 13.0. The predicted octanol–water partition coefficient (Wildman–Crippen LogP) is -1.05. The Kier molecular flexibility index (Phi) is 10.8. The SMILES string of the molecule is CC(C)[C@H](N)C(=O)N[C@@H](Cc1ccc(O)cc1)C(=O)N[C@@H](CCC(=O)O)C(=O)NCC(=O)O. The first kappa shape index (κ1) is 27.4. The van der Waals surface area contributed by atoms with Gasteiger partial charge in [-0.05, 0) is 30.0 Å². The number of phenols is 1. The zero-order chi connectivity index (χ0) is 25.1. The van der Waals surface area contributed by atoms with Crippen LogP contribution in [0.5, 0.6) is 5.75 Å². The number of carboxylic acids is 2. The normalized spacial score (nSPS) is 13.5. The van der Waals surface area contributed by atoms with Gasteiger partial charge < -0.3 is 37.0 Å². The van der Waals surface area contributed by atoms with E-state index in [0.717, 1.165) is 0 Å². The Morgan fingerprint density at radius 1 is 0.879 bits per heavy atom. The fraction of sp³-hybridized carbons (Fsp3) is 0.476. The highest BCUT2D eigenvalue weighted by molar-refractivity contribution is 5.94. The molecule has 0 saturated heterocycles. The summed E-state index contributed by atoms with van der Waals surface area (Å²) >= 11 is 0. The number of carboxylic acid groups (broad SMARTS) is 2. The number of hydrogen-bond acceptors (Lipinski definition) is 7. The molecule has 0 aliphatic heterocycles. The molecule has 0 saturated carbocycles. The van der Waals surface area contributed by atoms with Gasteiger partial charge in [0.05, 0.1) is 6.04 Å². The Bertz CT molecular complexity index is 856. The fourth-order valence-electron chi connectivity index (χ4n) is 2.74. The number of aliphatic carboxylic acids is 2. The van der Waals surface area contributed by atoms with Gasteiger partial charge in [0.1, 0.15) is 24.4 Å². The molecule has 8 N–H and O–H groups in total. The zero-order valence-corrected chi connectivity index (χ0v) is 18.4. The summed E-state index contributed by atoms with van der Waals surface area (Å²) in [7, 11) is 0. The minimum atomic E-state index is -1.34. The van der Waals surface area contributed by atoms with E-state index in [1.54, 1.807) is 26.0 Å². The predicted molar refractivity (Wildman–Crippen MR) is 116 cm³/mol. The molecule has 12 nitrogen and oxygen atoms in total. The Morgan fingerprint density at radius 3 is 1.97 bits per heavy atom. The van der Waals surface area contributed by atoms with Gasteiger partial charge in [-0.15, -0.1) is 0 Å². The molecular formula is C21H30N4O8. The second-order valence-corrected chi connectivity index (χ2v) is 7.81. The molecule has 1 aromatic carbocycles. The molecule has 182 valence electrons. The summed E-state index contributed by atoms with van der Waals surface area (Å²) in [6, 6.07) is 2.48. The van der Waals surface area contributed by atoms with Gasteiger partial charge in [-0.25, -0.2) is 0 Å². The summed E-state index contributed by atoms with van der Waals surface area (Å²) in [6.45, 7) is 2.75. The molecule has 0 unspecified atom stereocenters. The van der Waals surface area contributed by atoms with Crippen molar-refractivity contribution in [3.63, 3.8) is 0 Å². The van der Waals surface area contributed by atoms with Crippen molar-refractivity contribution in [1.29, 1.82) is 0 Å². The van der Waals surface area contributed by atoms with E-state index in [0.29, 0.717) is 5.56 Å². The lowest BCUT2D eigenvalue weighted by Gasteiger charge is -2.25. The van der Waals surface area contributed by atoms with Gasteiger partial charge in [-0.1, -0.05) is 26.0 Å². The average molecular weight is 466 g/mol. The molecule has 3 amide bonds. The molecule has 1 aromatic rings. The van der Waals surface area contributed by atoms with E-state index in [9.17, 15) is 29.1 Å². The second-order valence-electron chi connectivity index (χ2n) is 7.81. The van der Waals surface area contributed by atoms with Crippen LogP contribution in [-0.4, -0.2) is 69.7 Å². The van der Waals surface area contributed by atoms with E-state index in [4.69, 9.17) is 15.9 Å². The molecule has 33 heavy (non-hydrogen) atoms. The maximum atomic E-state index is 13.0. The lowest BCUT2D eigenvalue weighted by atomic mass is 10.0. The number of phenolic OH excluding ortho intramolecular Hbond substituents is 1. The molecule has 0 radical (unpaired) electrons. The molecule has 0 aliphatic rings. The fourth-order valence-corrected chi connectivity index (χ4v) is 2.74. The van der Waals surface area contributed by atoms with E-state index < -0.39 is 60.8 Å². The average Bonchev–Trinajstić information content (AvgIpc) is 2.74. The van der Waals surface area contributed by atoms with Gasteiger partial charge >= 0.3 is 11.9 Å². The van der Waals surface area contributed by atoms with Crippen molar-refractivity contribution in [1.82, 2.24) is 16.0 Å². The molecule has 1 rings (SSSR count). The van der Waals surface area contributed by atoms with E-state index in [1.807, 2.05) is 0 Å². The van der Waals surface area contributed by atoms with Crippen molar-refractivity contribution in [3.8, 4) is 5.75 Å². The van der Waals surface area contributed by atoms with Gasteiger partial charge in [0.2, 0.25) is 17.7 Å². The van der Waals surface area contributed by atoms with Crippen LogP contribution in [-0.2, 0) is 30.4 Å². The van der Waals surface area contributed by atoms with Crippen LogP contribution in [0.25, 0.3) is 0 Å². The highest BCUT2D eigenvalue weighted by atomic mass is 16.4. The second kappa shape index (κ2) is 13.0. The third-order valence-electron chi connectivity index (χ3n) is 4.72. The number of nitrogens with one attached hydrogen (secondary N) is 3. The van der Waals surface area contributed by atoms with Crippen molar-refractivity contribution in [2.45, 2.75) is 51.2 Å². The topological polar surface area (TPSA) is 208 Å². The highest BCUT2D eigenvalue weighted by Gasteiger charge is 2.29. The first-order chi connectivity index (χ1) is 15.4. The van der Waals surface area contributed by atoms with Crippen molar-refractivity contribution < 1.29 is 39.3 Å². The Hall–Kier alpha value is -3.67. The summed E-state index contributed by atoms with van der Waals surface area (Å²) in [5.41, 5.74) is 6.45. The lowest BCUT2D eigenvalue weighted by Crippen LogP contribution is -2.57. The van der Waals surface area contributed by atoms with Crippen molar-refractivity contribution >= 4 is 29.7 Å². The van der Waals surface area contributed by atoms with E-state index in [1.165, 1.54) is 12.1 Å². The number of nitrogens with two attached hydrogens (primary N) is 1. The number of aromatic hydroxyl groups is 1. The molecule has 0 bridgehead atoms. The third-order valence-corrected chi connectivity index (χ3v) is 4.72. The van der Waals surface area contributed by atoms with Crippen LogP contribution in [0.1, 0.15) is 32.3 Å². The summed E-state index contributed by atoms with van der Waals surface area (Å²) in [5.74, 6) is -4.99. The van der Waals surface area contributed by atoms with Gasteiger partial charge in [0.15, 0.2) is 0 Å². The molecule has 0 fully saturated rings. The van der Waals surface area contributed by atoms with Gasteiger partial charge in [0, 0.05) is 12.8 Å². The monoisotopic (exact) mass is 466 g/mol. The summed E-state index contributed by atoms with van der Waals surface area (Å²) in [4.78, 5) is 59.4. The number of carbonyl (C=O) groups excluding carboxylic acids is 3. The number of amides is 3. The largest absolute Gasteiger partial charge is 0.508 e. The summed E-state index contributed by atoms with van der Waals surface area (Å²) < 4.78 is 0. The first-order valence-electron chi connectivity index (χ1n) is 10.3. The summed E-state index contributed by atoms with van der Waals surface area (Å²) in [6.07, 6.45) is -0.762. The Labute approximate surface area is 190 Å². The quantitative estimate of drug-likeness (QED) is 0.189. The van der Waals surface area contributed by atoms with Crippen LogP contribution in [0.4, 0.5) is 0 Å². The van der Waals surface area contributed by atoms with Crippen molar-refractivity contribution in [3.05, 3.63) is 29.8 Å². The van der Waals surface area contributed by atoms with Crippen molar-refractivity contribution in [2.24, 2.45) is 11.7 Å². The van der Waals surface area contributed by atoms with Gasteiger partial charge in [-0.2, -0.15) is 0 Å². The molecular weight excluding hydrogens is 436 g/mol. The number of rotatable bonds is 13. The number of hydrogen-bond donors (Lipinski definition) is 7. The first-order valence-corrected chi connectivity index (χ1v) is 10.3. The number of carbonyl (C=O) groups is 5. The van der Waals surface area contributed by atoms with E-state index in [-0.39, 0.29) is 24.5 Å². The Balaban J connectivity index is 3.07. The van der Waals surface area contributed by atoms with Crippen LogP contribution in [0.15, 0.2) is 24.3 Å². The molecule has 0 spiro atoms. The van der Waals surface area contributed by atoms with Gasteiger partial charge in [0.25, 0.3) is 0 Å². The number of benzene rings is 1. The highest BCUT2D eigenvalue weighted by Crippen LogP contribution is 2.12. The van der Waals surface area contributed by atoms with Crippen LogP contribution in [0.3, 0.4) is 0 Å². The smallest absolute Gasteiger partial charge is 0.322 e. The van der Waals surface area contributed by atoms with Crippen LogP contribution >= 0.6 is 0 Å². The summed E-state index contributed by atoms with van der Waals surface area (Å²) in [5, 5.41) is 34.1. The van der Waals surface area contributed by atoms with E-state index >= 15 is 0 Å². The lowest BCUT2D eigenvalue weighted by molar-refractivity contribution is -0.140. The molecule has 3 atom stereocenters. The minimum Gasteiger partial charge on any atom is -0.508 e. The van der Waals surface area contributed by atoms with Gasteiger partial charge in [-0.3, -0.25) is 24.0 Å². The maximum Gasteiger partial charge on any atom is 0.322 e. The minimum absolute atomic E-state index is 0.00875. The molecule has 0 aromatic heterocycles. The standard InChI is InChI=1S/C21H30N4O8/c1-11(2)18(22)21(33)25-15(9-12-3-5-13(26)6-4-12)20(32)24-14(7-8-16(27)28)19(31)23-10-17(29)30/h3-6,11,14-15,18,26H,7-10,22H2,1-2H3,(H,23,31)(H,24,32)(H,25,33)(H,27,28)(H,29,30)/t14-,15-,18-/m0/s1. The molecule has 0 heterocycles. The van der Waals surface area contributed by atoms with Crippen LogP contribution < -0.4 is 21.7 Å². The van der Waals surface area contributed by atoms with Crippen LogP contribution in [0, 0.1) is 5.92 Å². The molecule has 12 heteroatoms. The van der Waals surface area contributed by atoms with Crippen LogP contribution in [0.2, 0.25) is 0 Å². The zero-order valence-electron chi connectivity index (χ0n) is 18.4. The Morgan fingerprint density at radius 2 is 1.45 bits per heavy atom. The van der Waals surface area contributed by atoms with Crippen molar-refractivity contribution in [2.75, 3.05) is 6.54 Å².